The number of halogens is 2. The average molecular weight is 323 g/mol. The Morgan fingerprint density at radius 1 is 1.17 bits per heavy atom. The number of aryl methyl sites for hydroxylation is 1. The molecule has 18 heavy (non-hydrogen) atoms. The third-order valence-electron chi connectivity index (χ3n) is 2.43. The van der Waals surface area contributed by atoms with Gasteiger partial charge in [-0.2, -0.15) is 5.26 Å². The summed E-state index contributed by atoms with van der Waals surface area (Å²) in [6, 6.07) is 12.8. The Morgan fingerprint density at radius 3 is 2.44 bits per heavy atom. The molecule has 2 aromatic rings. The lowest BCUT2D eigenvalue weighted by atomic mass is 10.2. The summed E-state index contributed by atoms with van der Waals surface area (Å²) in [5, 5.41) is 9.54. The van der Waals surface area contributed by atoms with Gasteiger partial charge in [-0.05, 0) is 64.8 Å². The van der Waals surface area contributed by atoms with Crippen molar-refractivity contribution in [2.45, 2.75) is 6.92 Å². The summed E-state index contributed by atoms with van der Waals surface area (Å²) in [6.07, 6.45) is 0. The Bertz CT molecular complexity index is 634. The van der Waals surface area contributed by atoms with Crippen molar-refractivity contribution in [2.24, 2.45) is 0 Å². The van der Waals surface area contributed by atoms with Gasteiger partial charge in [0.05, 0.1) is 5.56 Å². The zero-order valence-corrected chi connectivity index (χ0v) is 11.9. The van der Waals surface area contributed by atoms with Crippen molar-refractivity contribution in [3.8, 4) is 17.6 Å². The van der Waals surface area contributed by atoms with Gasteiger partial charge in [-0.3, -0.25) is 0 Å². The fourth-order valence-electron chi connectivity index (χ4n) is 1.47. The van der Waals surface area contributed by atoms with E-state index >= 15 is 0 Å². The fourth-order valence-corrected chi connectivity index (χ4v) is 2.03. The Labute approximate surface area is 119 Å². The second-order valence-electron chi connectivity index (χ2n) is 3.77. The third kappa shape index (κ3) is 2.84. The maximum atomic E-state index is 8.83. The van der Waals surface area contributed by atoms with Gasteiger partial charge in [0.15, 0.2) is 0 Å². The van der Waals surface area contributed by atoms with Crippen molar-refractivity contribution < 1.29 is 4.74 Å². The lowest BCUT2D eigenvalue weighted by Gasteiger charge is -2.08. The van der Waals surface area contributed by atoms with Gasteiger partial charge in [-0.1, -0.05) is 11.6 Å². The first kappa shape index (κ1) is 12.9. The number of rotatable bonds is 2. The van der Waals surface area contributed by atoms with E-state index in [9.17, 15) is 0 Å². The number of hydrogen-bond donors (Lipinski definition) is 0. The normalized spacial score (nSPS) is 9.89. The van der Waals surface area contributed by atoms with Crippen LogP contribution in [0.15, 0.2) is 40.9 Å². The number of benzene rings is 2. The molecule has 0 bridgehead atoms. The minimum absolute atomic E-state index is 0.578. The highest BCUT2D eigenvalue weighted by molar-refractivity contribution is 9.10. The quantitative estimate of drug-likeness (QED) is 0.773. The number of ether oxygens (including phenoxy) is 1. The number of nitriles is 1. The average Bonchev–Trinajstić information content (AvgIpc) is 2.34. The van der Waals surface area contributed by atoms with Crippen LogP contribution in [0.3, 0.4) is 0 Å². The second kappa shape index (κ2) is 5.43. The van der Waals surface area contributed by atoms with E-state index in [1.807, 2.05) is 13.0 Å². The summed E-state index contributed by atoms with van der Waals surface area (Å²) in [5.41, 5.74) is 1.54. The second-order valence-corrected chi connectivity index (χ2v) is 5.03. The molecule has 0 radical (unpaired) electrons. The zero-order valence-electron chi connectivity index (χ0n) is 9.58. The molecular formula is C14H9BrClNO. The van der Waals surface area contributed by atoms with Gasteiger partial charge in [0.25, 0.3) is 0 Å². The minimum Gasteiger partial charge on any atom is -0.457 e. The summed E-state index contributed by atoms with van der Waals surface area (Å²) in [4.78, 5) is 0. The van der Waals surface area contributed by atoms with Crippen LogP contribution in [0, 0.1) is 18.3 Å². The largest absolute Gasteiger partial charge is 0.457 e. The molecular weight excluding hydrogens is 314 g/mol. The smallest absolute Gasteiger partial charge is 0.128 e. The van der Waals surface area contributed by atoms with E-state index < -0.39 is 0 Å². The van der Waals surface area contributed by atoms with Crippen molar-refractivity contribution in [3.05, 3.63) is 57.0 Å². The van der Waals surface area contributed by atoms with Gasteiger partial charge < -0.3 is 4.74 Å². The Hall–Kier alpha value is -1.50. The molecule has 2 rings (SSSR count). The van der Waals surface area contributed by atoms with Gasteiger partial charge in [0, 0.05) is 9.50 Å². The zero-order chi connectivity index (χ0) is 13.1. The molecule has 0 fully saturated rings. The first-order valence-corrected chi connectivity index (χ1v) is 6.41. The maximum Gasteiger partial charge on any atom is 0.128 e. The number of hydrogen-bond acceptors (Lipinski definition) is 2. The molecule has 0 saturated carbocycles. The van der Waals surface area contributed by atoms with Crippen molar-refractivity contribution >= 4 is 27.5 Å². The molecule has 0 saturated heterocycles. The van der Waals surface area contributed by atoms with Crippen molar-refractivity contribution in [2.75, 3.05) is 0 Å². The Morgan fingerprint density at radius 2 is 1.83 bits per heavy atom. The molecule has 0 heterocycles. The van der Waals surface area contributed by atoms with E-state index in [-0.39, 0.29) is 0 Å². The summed E-state index contributed by atoms with van der Waals surface area (Å²) in [6.45, 7) is 1.92. The molecule has 0 amide bonds. The van der Waals surface area contributed by atoms with E-state index in [0.29, 0.717) is 26.6 Å². The summed E-state index contributed by atoms with van der Waals surface area (Å²) in [7, 11) is 0. The van der Waals surface area contributed by atoms with Crippen LogP contribution in [0.5, 0.6) is 11.5 Å². The monoisotopic (exact) mass is 321 g/mol. The van der Waals surface area contributed by atoms with Crippen LogP contribution in [0.1, 0.15) is 11.1 Å². The van der Waals surface area contributed by atoms with Gasteiger partial charge in [0.2, 0.25) is 0 Å². The van der Waals surface area contributed by atoms with Crippen LogP contribution in [0.4, 0.5) is 0 Å². The SMILES string of the molecule is Cc1cc(Oc2ccc(C#N)c(Br)c2)ccc1Cl. The summed E-state index contributed by atoms with van der Waals surface area (Å²) < 4.78 is 6.41. The van der Waals surface area contributed by atoms with E-state index in [1.54, 1.807) is 30.3 Å². The summed E-state index contributed by atoms with van der Waals surface area (Å²) >= 11 is 9.27. The van der Waals surface area contributed by atoms with Gasteiger partial charge in [-0.15, -0.1) is 0 Å². The summed E-state index contributed by atoms with van der Waals surface area (Å²) in [5.74, 6) is 1.39. The molecule has 0 atom stereocenters. The van der Waals surface area contributed by atoms with Crippen LogP contribution in [-0.4, -0.2) is 0 Å². The highest BCUT2D eigenvalue weighted by Gasteiger charge is 2.04. The van der Waals surface area contributed by atoms with Gasteiger partial charge >= 0.3 is 0 Å². The molecule has 0 aliphatic carbocycles. The van der Waals surface area contributed by atoms with E-state index in [4.69, 9.17) is 21.6 Å². The molecule has 0 aromatic heterocycles. The van der Waals surface area contributed by atoms with Crippen molar-refractivity contribution in [1.29, 1.82) is 5.26 Å². The predicted molar refractivity (Wildman–Crippen MR) is 75.1 cm³/mol. The van der Waals surface area contributed by atoms with Gasteiger partial charge in [-0.25, -0.2) is 0 Å². The fraction of sp³-hybridized carbons (Fsp3) is 0.0714. The van der Waals surface area contributed by atoms with Crippen molar-refractivity contribution in [1.82, 2.24) is 0 Å². The molecule has 90 valence electrons. The Balaban J connectivity index is 2.26. The maximum absolute atomic E-state index is 8.83. The van der Waals surface area contributed by atoms with Crippen LogP contribution < -0.4 is 4.74 Å². The third-order valence-corrected chi connectivity index (χ3v) is 3.51. The molecule has 0 unspecified atom stereocenters. The van der Waals surface area contributed by atoms with Gasteiger partial charge in [0.1, 0.15) is 17.6 Å². The topological polar surface area (TPSA) is 33.0 Å². The first-order valence-electron chi connectivity index (χ1n) is 5.24. The Kier molecular flexibility index (Phi) is 3.90. The van der Waals surface area contributed by atoms with Crippen molar-refractivity contribution in [3.63, 3.8) is 0 Å². The lowest BCUT2D eigenvalue weighted by Crippen LogP contribution is -1.87. The molecule has 2 aromatic carbocycles. The minimum atomic E-state index is 0.578. The lowest BCUT2D eigenvalue weighted by molar-refractivity contribution is 0.482. The van der Waals surface area contributed by atoms with E-state index in [1.165, 1.54) is 0 Å². The number of nitrogens with zero attached hydrogens (tertiary/aromatic N) is 1. The van der Waals surface area contributed by atoms with E-state index in [0.717, 1.165) is 5.56 Å². The first-order chi connectivity index (χ1) is 8.60. The van der Waals surface area contributed by atoms with Crippen LogP contribution in [-0.2, 0) is 0 Å². The van der Waals surface area contributed by atoms with Crippen LogP contribution in [0.2, 0.25) is 5.02 Å². The highest BCUT2D eigenvalue weighted by atomic mass is 79.9. The highest BCUT2D eigenvalue weighted by Crippen LogP contribution is 2.28. The standard InChI is InChI=1S/C14H9BrClNO/c1-9-6-11(4-5-14(9)16)18-12-3-2-10(8-17)13(15)7-12/h2-7H,1H3. The van der Waals surface area contributed by atoms with E-state index in [2.05, 4.69) is 22.0 Å². The molecule has 0 aliphatic rings. The molecule has 0 N–H and O–H groups in total. The van der Waals surface area contributed by atoms with Crippen LogP contribution >= 0.6 is 27.5 Å². The van der Waals surface area contributed by atoms with Crippen LogP contribution in [0.25, 0.3) is 0 Å². The molecule has 2 nitrogen and oxygen atoms in total. The predicted octanol–water partition coefficient (Wildman–Crippen LogP) is 5.07. The molecule has 4 heteroatoms. The molecule has 0 aliphatic heterocycles. The molecule has 0 spiro atoms.